The van der Waals surface area contributed by atoms with Gasteiger partial charge in [-0.1, -0.05) is 110 Å². The highest BCUT2D eigenvalue weighted by molar-refractivity contribution is 7.92. The van der Waals surface area contributed by atoms with Crippen LogP contribution >= 0.6 is 0 Å². The highest BCUT2D eigenvalue weighted by Gasteiger charge is 2.35. The Balaban J connectivity index is 4.47. The lowest BCUT2D eigenvalue weighted by atomic mass is 10.0. The predicted molar refractivity (Wildman–Crippen MR) is 150 cm³/mol. The largest absolute Gasteiger partial charge is 0.511 e. The third-order valence-electron chi connectivity index (χ3n) is 6.85. The van der Waals surface area contributed by atoms with Crippen molar-refractivity contribution in [2.24, 2.45) is 0 Å². The minimum atomic E-state index is -4.06. The van der Waals surface area contributed by atoms with Crippen molar-refractivity contribution in [3.8, 4) is 0 Å². The van der Waals surface area contributed by atoms with Crippen molar-refractivity contribution in [3.05, 3.63) is 12.3 Å². The summed E-state index contributed by atoms with van der Waals surface area (Å²) in [6.07, 6.45) is 18.0. The average Bonchev–Trinajstić information content (AvgIpc) is 2.82. The zero-order chi connectivity index (χ0) is 29.0. The Kier molecular flexibility index (Phi) is 19.7. The van der Waals surface area contributed by atoms with E-state index < -0.39 is 57.6 Å². The molecule has 1 amide bonds. The maximum Gasteiger partial charge on any atom is 0.322 e. The van der Waals surface area contributed by atoms with E-state index in [1.807, 2.05) is 0 Å². The van der Waals surface area contributed by atoms with Gasteiger partial charge in [0.2, 0.25) is 5.91 Å². The number of carbonyl (C=O) groups is 3. The van der Waals surface area contributed by atoms with E-state index in [9.17, 15) is 38.1 Å². The van der Waals surface area contributed by atoms with Crippen LogP contribution in [0.3, 0.4) is 0 Å². The van der Waals surface area contributed by atoms with E-state index in [0.29, 0.717) is 6.42 Å². The summed E-state index contributed by atoms with van der Waals surface area (Å²) in [5.74, 6) is -4.30. The molecule has 0 aliphatic heterocycles. The van der Waals surface area contributed by atoms with Crippen LogP contribution in [0.25, 0.3) is 0 Å². The van der Waals surface area contributed by atoms with Gasteiger partial charge in [-0.2, -0.15) is 0 Å². The molecular formula is C28H51NO8S. The van der Waals surface area contributed by atoms with Gasteiger partial charge in [0.1, 0.15) is 5.76 Å². The van der Waals surface area contributed by atoms with E-state index >= 15 is 0 Å². The van der Waals surface area contributed by atoms with Gasteiger partial charge < -0.3 is 20.2 Å². The number of carbonyl (C=O) groups excluding carboxylic acids is 1. The van der Waals surface area contributed by atoms with Crippen molar-refractivity contribution in [3.63, 3.8) is 0 Å². The van der Waals surface area contributed by atoms with Crippen LogP contribution in [0.5, 0.6) is 0 Å². The molecule has 0 saturated carbocycles. The quantitative estimate of drug-likeness (QED) is 0.0924. The Labute approximate surface area is 229 Å². The SMILES string of the molecule is C=C(O)[C@H](CC(=O)O)N(CCCCCCCCCCCCCCCCCC)C(=O)CC(C(=O)O)S(C)(=O)=O. The molecule has 38 heavy (non-hydrogen) atoms. The standard InChI is InChI=1S/C28H51NO8S/c1-4-5-6-7-8-9-10-11-12-13-14-15-16-17-18-19-20-29(24(23(2)30)21-27(32)33)26(31)22-25(28(34)35)38(3,36)37/h24-25,30H,2,4-22H2,1,3H3,(H,32,33)(H,34,35)/t24-,25?/m0/s1. The van der Waals surface area contributed by atoms with E-state index in [0.717, 1.165) is 36.8 Å². The van der Waals surface area contributed by atoms with Gasteiger partial charge >= 0.3 is 11.9 Å². The molecule has 0 rings (SSSR count). The zero-order valence-electron chi connectivity index (χ0n) is 23.5. The maximum atomic E-state index is 12.9. The normalized spacial score (nSPS) is 13.1. The minimum Gasteiger partial charge on any atom is -0.511 e. The van der Waals surface area contributed by atoms with Crippen LogP contribution in [0.4, 0.5) is 0 Å². The summed E-state index contributed by atoms with van der Waals surface area (Å²) in [5, 5.41) is 26.4. The van der Waals surface area contributed by atoms with Gasteiger partial charge in [0.15, 0.2) is 15.1 Å². The summed E-state index contributed by atoms with van der Waals surface area (Å²) in [4.78, 5) is 36.6. The first-order valence-corrected chi connectivity index (χ1v) is 16.2. The molecule has 0 heterocycles. The van der Waals surface area contributed by atoms with Crippen LogP contribution in [0.1, 0.15) is 122 Å². The molecule has 0 aliphatic carbocycles. The molecule has 0 spiro atoms. The summed E-state index contributed by atoms with van der Waals surface area (Å²) in [5.41, 5.74) is 0. The van der Waals surface area contributed by atoms with Crippen LogP contribution in [-0.4, -0.2) is 70.6 Å². The fourth-order valence-corrected chi connectivity index (χ4v) is 5.37. The van der Waals surface area contributed by atoms with Gasteiger partial charge in [0.25, 0.3) is 0 Å². The van der Waals surface area contributed by atoms with E-state index in [1.165, 1.54) is 70.6 Å². The first-order chi connectivity index (χ1) is 17.9. The molecule has 0 aromatic carbocycles. The second-order valence-electron chi connectivity index (χ2n) is 10.4. The lowest BCUT2D eigenvalue weighted by molar-refractivity contribution is -0.143. The van der Waals surface area contributed by atoms with Gasteiger partial charge in [-0.15, -0.1) is 0 Å². The van der Waals surface area contributed by atoms with Gasteiger partial charge in [-0.3, -0.25) is 14.4 Å². The second kappa shape index (κ2) is 20.8. The van der Waals surface area contributed by atoms with Crippen molar-refractivity contribution < 1.29 is 38.1 Å². The van der Waals surface area contributed by atoms with Crippen molar-refractivity contribution in [2.45, 2.75) is 134 Å². The molecule has 10 heteroatoms. The predicted octanol–water partition coefficient (Wildman–Crippen LogP) is 5.88. The van der Waals surface area contributed by atoms with E-state index in [2.05, 4.69) is 13.5 Å². The third kappa shape index (κ3) is 17.4. The Bertz CT molecular complexity index is 812. The fraction of sp³-hybridized carbons (Fsp3) is 0.821. The number of unbranched alkanes of at least 4 members (excludes halogenated alkanes) is 15. The molecule has 0 radical (unpaired) electrons. The molecule has 0 aromatic rings. The number of aliphatic hydroxyl groups excluding tert-OH is 1. The van der Waals surface area contributed by atoms with Crippen LogP contribution in [-0.2, 0) is 24.2 Å². The Morgan fingerprint density at radius 2 is 1.11 bits per heavy atom. The molecule has 0 fully saturated rings. The van der Waals surface area contributed by atoms with Crippen molar-refractivity contribution in [2.75, 3.05) is 12.8 Å². The molecule has 0 aromatic heterocycles. The fourth-order valence-electron chi connectivity index (χ4n) is 4.56. The summed E-state index contributed by atoms with van der Waals surface area (Å²) in [6.45, 7) is 5.67. The van der Waals surface area contributed by atoms with E-state index in [1.54, 1.807) is 0 Å². The number of hydrogen-bond acceptors (Lipinski definition) is 6. The molecule has 222 valence electrons. The lowest BCUT2D eigenvalue weighted by Crippen LogP contribution is -2.46. The summed E-state index contributed by atoms with van der Waals surface area (Å²) >= 11 is 0. The van der Waals surface area contributed by atoms with Crippen molar-refractivity contribution >= 4 is 27.7 Å². The van der Waals surface area contributed by atoms with Crippen LogP contribution < -0.4 is 0 Å². The van der Waals surface area contributed by atoms with Crippen LogP contribution in [0.2, 0.25) is 0 Å². The smallest absolute Gasteiger partial charge is 0.322 e. The number of aliphatic carboxylic acids is 2. The van der Waals surface area contributed by atoms with Crippen molar-refractivity contribution in [1.82, 2.24) is 4.90 Å². The lowest BCUT2D eigenvalue weighted by Gasteiger charge is -2.31. The summed E-state index contributed by atoms with van der Waals surface area (Å²) in [7, 11) is -4.06. The van der Waals surface area contributed by atoms with Gasteiger partial charge in [-0.25, -0.2) is 8.42 Å². The summed E-state index contributed by atoms with van der Waals surface area (Å²) in [6, 6.07) is -1.26. The first kappa shape index (κ1) is 35.9. The molecule has 1 unspecified atom stereocenters. The number of hydrogen-bond donors (Lipinski definition) is 3. The van der Waals surface area contributed by atoms with Gasteiger partial charge in [0.05, 0.1) is 18.9 Å². The van der Waals surface area contributed by atoms with Gasteiger partial charge in [0, 0.05) is 12.8 Å². The van der Waals surface area contributed by atoms with Crippen LogP contribution in [0.15, 0.2) is 12.3 Å². The van der Waals surface area contributed by atoms with Gasteiger partial charge in [-0.05, 0) is 6.42 Å². The van der Waals surface area contributed by atoms with E-state index in [4.69, 9.17) is 0 Å². The number of rotatable bonds is 25. The Morgan fingerprint density at radius 1 is 0.711 bits per heavy atom. The number of sulfone groups is 1. The molecule has 0 aliphatic rings. The molecule has 2 atom stereocenters. The number of nitrogens with zero attached hydrogens (tertiary/aromatic N) is 1. The van der Waals surface area contributed by atoms with Crippen molar-refractivity contribution in [1.29, 1.82) is 0 Å². The monoisotopic (exact) mass is 561 g/mol. The Hall–Kier alpha value is -2.10. The molecular weight excluding hydrogens is 510 g/mol. The highest BCUT2D eigenvalue weighted by atomic mass is 32.2. The van der Waals surface area contributed by atoms with E-state index in [-0.39, 0.29) is 6.54 Å². The molecule has 3 N–H and O–H groups in total. The number of aliphatic hydroxyl groups is 1. The van der Waals surface area contributed by atoms with Crippen LogP contribution in [0, 0.1) is 0 Å². The number of amides is 1. The maximum absolute atomic E-state index is 12.9. The highest BCUT2D eigenvalue weighted by Crippen LogP contribution is 2.19. The second-order valence-corrected chi connectivity index (χ2v) is 12.6. The Morgan fingerprint density at radius 3 is 1.42 bits per heavy atom. The first-order valence-electron chi connectivity index (χ1n) is 14.2. The molecule has 0 saturated heterocycles. The zero-order valence-corrected chi connectivity index (χ0v) is 24.4. The average molecular weight is 562 g/mol. The topological polar surface area (TPSA) is 149 Å². The third-order valence-corrected chi connectivity index (χ3v) is 8.26. The molecule has 0 bridgehead atoms. The summed E-state index contributed by atoms with van der Waals surface area (Å²) < 4.78 is 23.6. The number of carboxylic acids is 2. The molecule has 9 nitrogen and oxygen atoms in total. The number of carboxylic acid groups (broad SMARTS) is 2. The minimum absolute atomic E-state index is 0.0743.